The van der Waals surface area contributed by atoms with E-state index < -0.39 is 6.09 Å². The van der Waals surface area contributed by atoms with Crippen LogP contribution in [0.15, 0.2) is 24.3 Å². The van der Waals surface area contributed by atoms with Crippen molar-refractivity contribution in [2.24, 2.45) is 0 Å². The third-order valence-corrected chi connectivity index (χ3v) is 1.75. The number of hydrogen-bond acceptors (Lipinski definition) is 3. The number of hydrogen-bond donors (Lipinski definition) is 1. The van der Waals surface area contributed by atoms with Crippen molar-refractivity contribution in [3.05, 3.63) is 35.4 Å². The summed E-state index contributed by atoms with van der Waals surface area (Å²) >= 11 is 0. The molecule has 0 aliphatic carbocycles. The number of carbonyl (C=O) groups is 1. The summed E-state index contributed by atoms with van der Waals surface area (Å²) in [6.45, 7) is 6.79. The Morgan fingerprint density at radius 3 is 2.61 bits per heavy atom. The van der Waals surface area contributed by atoms with E-state index in [1.807, 2.05) is 13.0 Å². The van der Waals surface area contributed by atoms with Crippen LogP contribution in [0, 0.1) is 11.3 Å². The SMILES string of the molecule is CCC.CCNC(=O)OCc1cccc(C#N)c1. The van der Waals surface area contributed by atoms with Crippen LogP contribution < -0.4 is 5.32 Å². The van der Waals surface area contributed by atoms with Crippen LogP contribution in [0.4, 0.5) is 4.79 Å². The normalized spacial score (nSPS) is 8.56. The molecule has 0 atom stereocenters. The van der Waals surface area contributed by atoms with Gasteiger partial charge in [0.25, 0.3) is 0 Å². The van der Waals surface area contributed by atoms with E-state index in [1.54, 1.807) is 24.3 Å². The first-order valence-corrected chi connectivity index (χ1v) is 6.07. The molecule has 4 nitrogen and oxygen atoms in total. The van der Waals surface area contributed by atoms with E-state index in [9.17, 15) is 4.79 Å². The number of ether oxygens (including phenoxy) is 1. The lowest BCUT2D eigenvalue weighted by Gasteiger charge is -2.05. The molecule has 0 saturated heterocycles. The van der Waals surface area contributed by atoms with Gasteiger partial charge in [0.1, 0.15) is 6.61 Å². The molecular weight excluding hydrogens is 228 g/mol. The van der Waals surface area contributed by atoms with Crippen LogP contribution in [-0.2, 0) is 11.3 Å². The van der Waals surface area contributed by atoms with Crippen molar-refractivity contribution in [1.29, 1.82) is 5.26 Å². The monoisotopic (exact) mass is 248 g/mol. The zero-order valence-electron chi connectivity index (χ0n) is 11.2. The quantitative estimate of drug-likeness (QED) is 0.893. The van der Waals surface area contributed by atoms with Crippen molar-refractivity contribution in [2.45, 2.75) is 33.8 Å². The van der Waals surface area contributed by atoms with Crippen molar-refractivity contribution in [2.75, 3.05) is 6.54 Å². The maximum atomic E-state index is 11.0. The number of alkyl carbamates (subject to hydrolysis) is 1. The van der Waals surface area contributed by atoms with E-state index >= 15 is 0 Å². The molecule has 1 rings (SSSR count). The summed E-state index contributed by atoms with van der Waals surface area (Å²) in [4.78, 5) is 11.0. The molecule has 0 saturated carbocycles. The van der Waals surface area contributed by atoms with Crippen LogP contribution in [0.3, 0.4) is 0 Å². The third-order valence-electron chi connectivity index (χ3n) is 1.75. The summed E-state index contributed by atoms with van der Waals surface area (Å²) in [5, 5.41) is 11.2. The van der Waals surface area contributed by atoms with Crippen molar-refractivity contribution < 1.29 is 9.53 Å². The Balaban J connectivity index is 0.000000873. The molecule has 1 N–H and O–H groups in total. The molecule has 1 aromatic carbocycles. The molecule has 1 aromatic rings. The van der Waals surface area contributed by atoms with Gasteiger partial charge in [0, 0.05) is 6.54 Å². The maximum Gasteiger partial charge on any atom is 0.407 e. The predicted octanol–water partition coefficient (Wildman–Crippen LogP) is 3.22. The van der Waals surface area contributed by atoms with Gasteiger partial charge in [-0.3, -0.25) is 0 Å². The van der Waals surface area contributed by atoms with Gasteiger partial charge in [-0.25, -0.2) is 4.79 Å². The minimum absolute atomic E-state index is 0.182. The molecule has 0 aromatic heterocycles. The van der Waals surface area contributed by atoms with Crippen LogP contribution in [0.2, 0.25) is 0 Å². The fourth-order valence-corrected chi connectivity index (χ4v) is 1.07. The lowest BCUT2D eigenvalue weighted by atomic mass is 10.1. The minimum atomic E-state index is -0.445. The van der Waals surface area contributed by atoms with Gasteiger partial charge in [-0.2, -0.15) is 5.26 Å². The summed E-state index contributed by atoms with van der Waals surface area (Å²) in [6.07, 6.45) is 0.805. The first kappa shape index (κ1) is 16.0. The Bertz CT molecular complexity index is 397. The molecule has 0 heterocycles. The van der Waals surface area contributed by atoms with E-state index in [-0.39, 0.29) is 6.61 Å². The van der Waals surface area contributed by atoms with Crippen LogP contribution >= 0.6 is 0 Å². The zero-order valence-corrected chi connectivity index (χ0v) is 11.2. The van der Waals surface area contributed by atoms with Crippen molar-refractivity contribution in [1.82, 2.24) is 5.32 Å². The Kier molecular flexibility index (Phi) is 9.01. The van der Waals surface area contributed by atoms with Gasteiger partial charge in [-0.15, -0.1) is 0 Å². The van der Waals surface area contributed by atoms with E-state index in [0.717, 1.165) is 5.56 Å². The average Bonchev–Trinajstić information content (AvgIpc) is 2.38. The van der Waals surface area contributed by atoms with Crippen molar-refractivity contribution in [3.63, 3.8) is 0 Å². The van der Waals surface area contributed by atoms with Crippen LogP contribution in [-0.4, -0.2) is 12.6 Å². The second-order valence-corrected chi connectivity index (χ2v) is 3.63. The van der Waals surface area contributed by atoms with Crippen LogP contribution in [0.5, 0.6) is 0 Å². The molecule has 4 heteroatoms. The molecule has 1 amide bonds. The fraction of sp³-hybridized carbons (Fsp3) is 0.429. The number of nitrogens with zero attached hydrogens (tertiary/aromatic N) is 1. The van der Waals surface area contributed by atoms with Gasteiger partial charge in [0.15, 0.2) is 0 Å². The topological polar surface area (TPSA) is 62.1 Å². The van der Waals surface area contributed by atoms with Crippen molar-refractivity contribution in [3.8, 4) is 6.07 Å². The second-order valence-electron chi connectivity index (χ2n) is 3.63. The lowest BCUT2D eigenvalue weighted by molar-refractivity contribution is 0.140. The Morgan fingerprint density at radius 2 is 2.06 bits per heavy atom. The minimum Gasteiger partial charge on any atom is -0.445 e. The number of carbonyl (C=O) groups excluding carboxylic acids is 1. The lowest BCUT2D eigenvalue weighted by Crippen LogP contribution is -2.23. The molecule has 0 fully saturated rings. The molecule has 0 bridgehead atoms. The number of rotatable bonds is 3. The summed E-state index contributed by atoms with van der Waals surface area (Å²) in [5.74, 6) is 0. The van der Waals surface area contributed by atoms with Crippen LogP contribution in [0.25, 0.3) is 0 Å². The molecule has 0 spiro atoms. The van der Waals surface area contributed by atoms with E-state index in [2.05, 4.69) is 19.2 Å². The Hall–Kier alpha value is -2.02. The van der Waals surface area contributed by atoms with E-state index in [1.165, 1.54) is 6.42 Å². The van der Waals surface area contributed by atoms with Gasteiger partial charge < -0.3 is 10.1 Å². The standard InChI is InChI=1S/C11H12N2O2.C3H8/c1-2-13-11(14)15-8-10-5-3-4-9(6-10)7-12;1-3-2/h3-6H,2,8H2,1H3,(H,13,14);3H2,1-2H3. The number of nitriles is 1. The van der Waals surface area contributed by atoms with Crippen molar-refractivity contribution >= 4 is 6.09 Å². The average molecular weight is 248 g/mol. The first-order valence-electron chi connectivity index (χ1n) is 6.07. The van der Waals surface area contributed by atoms with E-state index in [0.29, 0.717) is 12.1 Å². The van der Waals surface area contributed by atoms with E-state index in [4.69, 9.17) is 10.00 Å². The molecular formula is C14H20N2O2. The molecule has 0 radical (unpaired) electrons. The number of amides is 1. The highest BCUT2D eigenvalue weighted by molar-refractivity contribution is 5.67. The van der Waals surface area contributed by atoms with Gasteiger partial charge in [-0.1, -0.05) is 32.4 Å². The first-order chi connectivity index (χ1) is 8.67. The molecule has 0 unspecified atom stereocenters. The van der Waals surface area contributed by atoms with Crippen LogP contribution in [0.1, 0.15) is 38.3 Å². The largest absolute Gasteiger partial charge is 0.445 e. The Labute approximate surface area is 109 Å². The smallest absolute Gasteiger partial charge is 0.407 e. The third kappa shape index (κ3) is 7.29. The highest BCUT2D eigenvalue weighted by Crippen LogP contribution is 2.05. The number of benzene rings is 1. The highest BCUT2D eigenvalue weighted by atomic mass is 16.5. The van der Waals surface area contributed by atoms with Gasteiger partial charge in [0.05, 0.1) is 11.6 Å². The summed E-state index contributed by atoms with van der Waals surface area (Å²) in [6, 6.07) is 8.99. The second kappa shape index (κ2) is 10.2. The van der Waals surface area contributed by atoms with Gasteiger partial charge in [-0.05, 0) is 24.6 Å². The Morgan fingerprint density at radius 1 is 1.39 bits per heavy atom. The predicted molar refractivity (Wildman–Crippen MR) is 71.0 cm³/mol. The molecule has 0 aliphatic heterocycles. The maximum absolute atomic E-state index is 11.0. The molecule has 0 aliphatic rings. The highest BCUT2D eigenvalue weighted by Gasteiger charge is 2.00. The van der Waals surface area contributed by atoms with Gasteiger partial charge in [0.2, 0.25) is 0 Å². The summed E-state index contributed by atoms with van der Waals surface area (Å²) in [7, 11) is 0. The molecule has 18 heavy (non-hydrogen) atoms. The molecule has 98 valence electrons. The van der Waals surface area contributed by atoms with Gasteiger partial charge >= 0.3 is 6.09 Å². The fourth-order valence-electron chi connectivity index (χ4n) is 1.07. The zero-order chi connectivity index (χ0) is 13.8. The summed E-state index contributed by atoms with van der Waals surface area (Å²) in [5.41, 5.74) is 1.37. The number of nitrogens with one attached hydrogen (secondary N) is 1. The summed E-state index contributed by atoms with van der Waals surface area (Å²) < 4.78 is 4.91.